The van der Waals surface area contributed by atoms with Crippen molar-refractivity contribution >= 4 is 10.0 Å². The van der Waals surface area contributed by atoms with Gasteiger partial charge in [0.25, 0.3) is 0 Å². The highest BCUT2D eigenvalue weighted by Crippen LogP contribution is 2.34. The summed E-state index contributed by atoms with van der Waals surface area (Å²) in [6.07, 6.45) is -0.00725. The Balaban J connectivity index is 2.56. The zero-order valence-electron chi connectivity index (χ0n) is 18.5. The standard InChI is InChI=1S/C22H34N2O5S/c1-6-11-23(5)14-21-16(2)13-24(17(3)15-25)30(27,28)22-10-9-19(8-7-18(4)26)12-20(22)29-21/h9-10,12,16-18,21,25-26H,6,11,13-15H2,1-5H3/t16-,17+,18+,21-/m0/s1. The Morgan fingerprint density at radius 3 is 2.67 bits per heavy atom. The highest BCUT2D eigenvalue weighted by Gasteiger charge is 2.38. The van der Waals surface area contributed by atoms with Gasteiger partial charge in [-0.2, -0.15) is 4.31 Å². The molecule has 8 heteroatoms. The highest BCUT2D eigenvalue weighted by atomic mass is 32.2. The Morgan fingerprint density at radius 2 is 2.07 bits per heavy atom. The lowest BCUT2D eigenvalue weighted by molar-refractivity contribution is 0.0752. The predicted molar refractivity (Wildman–Crippen MR) is 117 cm³/mol. The molecule has 168 valence electrons. The van der Waals surface area contributed by atoms with E-state index in [1.165, 1.54) is 10.4 Å². The lowest BCUT2D eigenvalue weighted by Gasteiger charge is -2.37. The van der Waals surface area contributed by atoms with Crippen LogP contribution in [0.25, 0.3) is 0 Å². The van der Waals surface area contributed by atoms with Crippen LogP contribution >= 0.6 is 0 Å². The molecule has 4 atom stereocenters. The fourth-order valence-electron chi connectivity index (χ4n) is 3.49. The molecule has 30 heavy (non-hydrogen) atoms. The second-order valence-electron chi connectivity index (χ2n) is 8.11. The summed E-state index contributed by atoms with van der Waals surface area (Å²) in [6.45, 7) is 8.91. The second kappa shape index (κ2) is 10.6. The van der Waals surface area contributed by atoms with Crippen molar-refractivity contribution in [2.75, 3.05) is 33.3 Å². The topological polar surface area (TPSA) is 90.3 Å². The monoisotopic (exact) mass is 438 g/mol. The number of hydrogen-bond donors (Lipinski definition) is 2. The lowest BCUT2D eigenvalue weighted by atomic mass is 10.0. The molecule has 0 bridgehead atoms. The van der Waals surface area contributed by atoms with E-state index in [1.807, 2.05) is 14.0 Å². The van der Waals surface area contributed by atoms with Gasteiger partial charge < -0.3 is 19.8 Å². The Bertz CT molecular complexity index is 875. The molecule has 0 fully saturated rings. The highest BCUT2D eigenvalue weighted by molar-refractivity contribution is 7.89. The van der Waals surface area contributed by atoms with Gasteiger partial charge in [0.15, 0.2) is 0 Å². The molecule has 1 aromatic carbocycles. The van der Waals surface area contributed by atoms with Gasteiger partial charge in [-0.3, -0.25) is 0 Å². The maximum atomic E-state index is 13.4. The molecule has 0 aliphatic carbocycles. The van der Waals surface area contributed by atoms with E-state index in [9.17, 15) is 18.6 Å². The molecule has 1 heterocycles. The average molecular weight is 439 g/mol. The van der Waals surface area contributed by atoms with Gasteiger partial charge in [0, 0.05) is 30.6 Å². The van der Waals surface area contributed by atoms with E-state index in [0.29, 0.717) is 12.1 Å². The van der Waals surface area contributed by atoms with E-state index in [2.05, 4.69) is 23.7 Å². The molecule has 1 aromatic rings. The van der Waals surface area contributed by atoms with E-state index in [1.54, 1.807) is 26.0 Å². The maximum absolute atomic E-state index is 13.4. The summed E-state index contributed by atoms with van der Waals surface area (Å²) in [7, 11) is -1.84. The summed E-state index contributed by atoms with van der Waals surface area (Å²) in [5.74, 6) is 5.69. The number of likely N-dealkylation sites (N-methyl/N-ethyl adjacent to an activating group) is 1. The summed E-state index contributed by atoms with van der Waals surface area (Å²) in [5.41, 5.74) is 0.570. The van der Waals surface area contributed by atoms with Gasteiger partial charge in [-0.25, -0.2) is 8.42 Å². The molecule has 2 rings (SSSR count). The number of aliphatic hydroxyl groups excluding tert-OH is 2. The Labute approximate surface area is 180 Å². The number of ether oxygens (including phenoxy) is 1. The molecule has 7 nitrogen and oxygen atoms in total. The quantitative estimate of drug-likeness (QED) is 0.655. The van der Waals surface area contributed by atoms with Gasteiger partial charge in [-0.05, 0) is 52.1 Å². The molecular weight excluding hydrogens is 404 g/mol. The van der Waals surface area contributed by atoms with Crippen LogP contribution in [0.15, 0.2) is 23.1 Å². The van der Waals surface area contributed by atoms with Crippen LogP contribution in [0.1, 0.15) is 39.7 Å². The van der Waals surface area contributed by atoms with Crippen molar-refractivity contribution in [2.24, 2.45) is 5.92 Å². The molecular formula is C22H34N2O5S. The molecule has 1 aliphatic heterocycles. The summed E-state index contributed by atoms with van der Waals surface area (Å²) in [6, 6.07) is 4.18. The van der Waals surface area contributed by atoms with E-state index in [4.69, 9.17) is 4.74 Å². The smallest absolute Gasteiger partial charge is 0.247 e. The zero-order chi connectivity index (χ0) is 22.5. The van der Waals surface area contributed by atoms with Crippen LogP contribution in [-0.2, 0) is 10.0 Å². The number of fused-ring (bicyclic) bond motifs is 1. The minimum atomic E-state index is -3.86. The number of rotatable bonds is 6. The second-order valence-corrected chi connectivity index (χ2v) is 9.97. The molecule has 0 saturated carbocycles. The summed E-state index contributed by atoms with van der Waals surface area (Å²) in [5, 5.41) is 19.1. The van der Waals surface area contributed by atoms with Crippen LogP contribution < -0.4 is 4.74 Å². The molecule has 0 spiro atoms. The predicted octanol–water partition coefficient (Wildman–Crippen LogP) is 1.53. The Morgan fingerprint density at radius 1 is 1.37 bits per heavy atom. The van der Waals surface area contributed by atoms with Crippen molar-refractivity contribution in [3.8, 4) is 17.6 Å². The first-order chi connectivity index (χ1) is 14.1. The van der Waals surface area contributed by atoms with Crippen LogP contribution in [0, 0.1) is 17.8 Å². The van der Waals surface area contributed by atoms with E-state index in [0.717, 1.165) is 13.0 Å². The number of benzene rings is 1. The van der Waals surface area contributed by atoms with Gasteiger partial charge in [-0.1, -0.05) is 25.7 Å². The van der Waals surface area contributed by atoms with Crippen molar-refractivity contribution in [1.82, 2.24) is 9.21 Å². The molecule has 1 aliphatic rings. The fourth-order valence-corrected chi connectivity index (χ4v) is 5.31. The molecule has 0 amide bonds. The first-order valence-corrected chi connectivity index (χ1v) is 11.9. The maximum Gasteiger partial charge on any atom is 0.247 e. The largest absolute Gasteiger partial charge is 0.487 e. The zero-order valence-corrected chi connectivity index (χ0v) is 19.3. The van der Waals surface area contributed by atoms with Crippen LogP contribution in [0.3, 0.4) is 0 Å². The summed E-state index contributed by atoms with van der Waals surface area (Å²) < 4.78 is 34.4. The third-order valence-corrected chi connectivity index (χ3v) is 7.21. The normalized spacial score (nSPS) is 23.3. The van der Waals surface area contributed by atoms with Crippen molar-refractivity contribution < 1.29 is 23.4 Å². The third kappa shape index (κ3) is 5.96. The molecule has 0 radical (unpaired) electrons. The van der Waals surface area contributed by atoms with Crippen molar-refractivity contribution in [2.45, 2.75) is 57.3 Å². The van der Waals surface area contributed by atoms with Gasteiger partial charge in [0.05, 0.1) is 6.61 Å². The number of nitrogens with zero attached hydrogens (tertiary/aromatic N) is 2. The third-order valence-electron chi connectivity index (χ3n) is 5.19. The van der Waals surface area contributed by atoms with Gasteiger partial charge >= 0.3 is 0 Å². The number of sulfonamides is 1. The van der Waals surface area contributed by atoms with Crippen LogP contribution in [0.5, 0.6) is 5.75 Å². The van der Waals surface area contributed by atoms with Crippen molar-refractivity contribution in [1.29, 1.82) is 0 Å². The van der Waals surface area contributed by atoms with Crippen LogP contribution in [-0.4, -0.2) is 79.4 Å². The van der Waals surface area contributed by atoms with E-state index in [-0.39, 0.29) is 35.8 Å². The SMILES string of the molecule is CCCN(C)C[C@@H]1Oc2cc(C#C[C@@H](C)O)ccc2S(=O)(=O)N([C@H](C)CO)C[C@@H]1C. The molecule has 0 saturated heterocycles. The summed E-state index contributed by atoms with van der Waals surface area (Å²) >= 11 is 0. The van der Waals surface area contributed by atoms with Crippen LogP contribution in [0.2, 0.25) is 0 Å². The van der Waals surface area contributed by atoms with Gasteiger partial charge in [0.2, 0.25) is 10.0 Å². The first kappa shape index (κ1) is 24.6. The minimum absolute atomic E-state index is 0.0699. The molecule has 0 unspecified atom stereocenters. The van der Waals surface area contributed by atoms with Crippen molar-refractivity contribution in [3.63, 3.8) is 0 Å². The van der Waals surface area contributed by atoms with E-state index >= 15 is 0 Å². The number of hydrogen-bond acceptors (Lipinski definition) is 6. The van der Waals surface area contributed by atoms with E-state index < -0.39 is 22.2 Å². The minimum Gasteiger partial charge on any atom is -0.487 e. The Hall–Kier alpha value is -1.63. The van der Waals surface area contributed by atoms with Gasteiger partial charge in [0.1, 0.15) is 22.9 Å². The fraction of sp³-hybridized carbons (Fsp3) is 0.636. The first-order valence-electron chi connectivity index (χ1n) is 10.4. The van der Waals surface area contributed by atoms with Crippen LogP contribution in [0.4, 0.5) is 0 Å². The van der Waals surface area contributed by atoms with Gasteiger partial charge in [-0.15, -0.1) is 0 Å². The van der Waals surface area contributed by atoms with Crippen molar-refractivity contribution in [3.05, 3.63) is 23.8 Å². The number of aliphatic hydroxyl groups is 2. The lowest BCUT2D eigenvalue weighted by Crippen LogP contribution is -2.49. The summed E-state index contributed by atoms with van der Waals surface area (Å²) in [4.78, 5) is 2.24. The average Bonchev–Trinajstić information content (AvgIpc) is 2.68. The molecule has 2 N–H and O–H groups in total. The molecule has 0 aromatic heterocycles. The Kier molecular flexibility index (Phi) is 8.71.